The molecule has 0 saturated carbocycles. The van der Waals surface area contributed by atoms with E-state index in [4.69, 9.17) is 16.3 Å². The largest absolute Gasteiger partial charge is 0.469 e. The first-order valence-electron chi connectivity index (χ1n) is 7.48. The lowest BCUT2D eigenvalue weighted by atomic mass is 10.1. The summed E-state index contributed by atoms with van der Waals surface area (Å²) in [7, 11) is 1.35. The lowest BCUT2D eigenvalue weighted by Gasteiger charge is -2.26. The van der Waals surface area contributed by atoms with E-state index < -0.39 is 0 Å². The zero-order valence-corrected chi connectivity index (χ0v) is 14.4. The first-order chi connectivity index (χ1) is 10.4. The Bertz CT molecular complexity index is 516. The molecule has 0 aliphatic rings. The third-order valence-corrected chi connectivity index (χ3v) is 3.80. The van der Waals surface area contributed by atoms with Crippen molar-refractivity contribution in [1.82, 2.24) is 4.90 Å². The Morgan fingerprint density at radius 3 is 2.41 bits per heavy atom. The van der Waals surface area contributed by atoms with Gasteiger partial charge in [-0.15, -0.1) is 0 Å². The average molecular weight is 326 g/mol. The van der Waals surface area contributed by atoms with Crippen LogP contribution in [0.3, 0.4) is 0 Å². The number of methoxy groups -OCH3 is 1. The number of benzene rings is 1. The normalized spacial score (nSPS) is 12.1. The second-order valence-electron chi connectivity index (χ2n) is 5.84. The summed E-state index contributed by atoms with van der Waals surface area (Å²) in [5, 5.41) is 0.424. The number of ether oxygens (including phenoxy) is 1. The van der Waals surface area contributed by atoms with E-state index in [9.17, 15) is 9.59 Å². The van der Waals surface area contributed by atoms with Crippen LogP contribution in [0.2, 0.25) is 5.02 Å². The van der Waals surface area contributed by atoms with E-state index in [1.807, 2.05) is 0 Å². The van der Waals surface area contributed by atoms with Crippen molar-refractivity contribution >= 4 is 23.5 Å². The minimum atomic E-state index is -0.372. The highest BCUT2D eigenvalue weighted by Crippen LogP contribution is 2.19. The maximum absolute atomic E-state index is 12.7. The van der Waals surface area contributed by atoms with Gasteiger partial charge in [0.05, 0.1) is 23.6 Å². The van der Waals surface area contributed by atoms with Crippen molar-refractivity contribution in [1.29, 1.82) is 0 Å². The second kappa shape index (κ2) is 8.79. The van der Waals surface area contributed by atoms with Gasteiger partial charge in [0.25, 0.3) is 5.91 Å². The minimum Gasteiger partial charge on any atom is -0.469 e. The Labute approximate surface area is 137 Å². The molecule has 0 spiro atoms. The molecule has 4 nitrogen and oxygen atoms in total. The van der Waals surface area contributed by atoms with Gasteiger partial charge in [0.2, 0.25) is 0 Å². The van der Waals surface area contributed by atoms with Crippen molar-refractivity contribution in [2.45, 2.75) is 27.2 Å². The van der Waals surface area contributed by atoms with Crippen molar-refractivity contribution in [2.75, 3.05) is 20.2 Å². The van der Waals surface area contributed by atoms with Gasteiger partial charge in [-0.3, -0.25) is 9.59 Å². The van der Waals surface area contributed by atoms with Crippen LogP contribution in [0.15, 0.2) is 24.3 Å². The summed E-state index contributed by atoms with van der Waals surface area (Å²) < 4.78 is 4.74. The molecule has 0 saturated heterocycles. The fraction of sp³-hybridized carbons (Fsp3) is 0.529. The molecule has 0 aliphatic carbocycles. The molecule has 1 rings (SSSR count). The van der Waals surface area contributed by atoms with Gasteiger partial charge in [-0.05, 0) is 24.5 Å². The van der Waals surface area contributed by atoms with Crippen molar-refractivity contribution in [3.63, 3.8) is 0 Å². The Balaban J connectivity index is 2.91. The lowest BCUT2D eigenvalue weighted by Crippen LogP contribution is -2.38. The molecule has 0 aliphatic heterocycles. The molecule has 0 aromatic heterocycles. The monoisotopic (exact) mass is 325 g/mol. The van der Waals surface area contributed by atoms with Gasteiger partial charge in [0.15, 0.2) is 0 Å². The molecule has 0 radical (unpaired) electrons. The van der Waals surface area contributed by atoms with E-state index in [1.54, 1.807) is 36.1 Å². The summed E-state index contributed by atoms with van der Waals surface area (Å²) in [4.78, 5) is 26.0. The summed E-state index contributed by atoms with van der Waals surface area (Å²) in [6.45, 7) is 6.87. The maximum Gasteiger partial charge on any atom is 0.310 e. The number of hydrogen-bond acceptors (Lipinski definition) is 3. The Morgan fingerprint density at radius 1 is 1.23 bits per heavy atom. The number of esters is 1. The number of amides is 1. The number of carbonyl (C=O) groups excluding carboxylic acids is 2. The molecule has 0 bridgehead atoms. The predicted octanol–water partition coefficient (Wildman–Crippen LogP) is 3.64. The first kappa shape index (κ1) is 18.5. The predicted molar refractivity (Wildman–Crippen MR) is 88.0 cm³/mol. The molecular formula is C17H24ClNO3. The number of rotatable bonds is 7. The molecule has 22 heavy (non-hydrogen) atoms. The Kier molecular flexibility index (Phi) is 7.39. The summed E-state index contributed by atoms with van der Waals surface area (Å²) in [5.41, 5.74) is 0.463. The van der Waals surface area contributed by atoms with Crippen molar-refractivity contribution in [2.24, 2.45) is 11.8 Å². The summed E-state index contributed by atoms with van der Waals surface area (Å²) in [6, 6.07) is 6.97. The molecule has 122 valence electrons. The second-order valence-corrected chi connectivity index (χ2v) is 6.24. The van der Waals surface area contributed by atoms with Crippen LogP contribution in [0, 0.1) is 11.8 Å². The number of carbonyl (C=O) groups is 2. The molecule has 1 unspecified atom stereocenters. The van der Waals surface area contributed by atoms with Crippen molar-refractivity contribution in [3.8, 4) is 0 Å². The Morgan fingerprint density at radius 2 is 1.86 bits per heavy atom. The van der Waals surface area contributed by atoms with Crippen LogP contribution in [0.25, 0.3) is 0 Å². The van der Waals surface area contributed by atoms with E-state index in [2.05, 4.69) is 13.8 Å². The van der Waals surface area contributed by atoms with Gasteiger partial charge in [-0.1, -0.05) is 44.5 Å². The average Bonchev–Trinajstić information content (AvgIpc) is 2.49. The van der Waals surface area contributed by atoms with Crippen molar-refractivity contribution < 1.29 is 14.3 Å². The first-order valence-corrected chi connectivity index (χ1v) is 7.86. The summed E-state index contributed by atoms with van der Waals surface area (Å²) >= 11 is 6.11. The molecule has 1 amide bonds. The summed E-state index contributed by atoms with van der Waals surface area (Å²) in [5.74, 6) is -0.373. The Hall–Kier alpha value is -1.55. The molecular weight excluding hydrogens is 302 g/mol. The fourth-order valence-corrected chi connectivity index (χ4v) is 2.32. The smallest absolute Gasteiger partial charge is 0.310 e. The van der Waals surface area contributed by atoms with E-state index >= 15 is 0 Å². The molecule has 1 aromatic rings. The van der Waals surface area contributed by atoms with E-state index in [0.717, 1.165) is 6.42 Å². The molecule has 0 N–H and O–H groups in total. The highest BCUT2D eigenvalue weighted by Gasteiger charge is 2.23. The molecule has 5 heteroatoms. The van der Waals surface area contributed by atoms with Crippen LogP contribution < -0.4 is 0 Å². The molecule has 0 heterocycles. The fourth-order valence-electron chi connectivity index (χ4n) is 2.10. The van der Waals surface area contributed by atoms with Crippen LogP contribution in [0.1, 0.15) is 37.6 Å². The number of nitrogens with zero attached hydrogens (tertiary/aromatic N) is 1. The van der Waals surface area contributed by atoms with Gasteiger partial charge < -0.3 is 9.64 Å². The topological polar surface area (TPSA) is 46.6 Å². The van der Waals surface area contributed by atoms with E-state index in [1.165, 1.54) is 7.11 Å². The third-order valence-electron chi connectivity index (χ3n) is 3.47. The number of hydrogen-bond donors (Lipinski definition) is 0. The summed E-state index contributed by atoms with van der Waals surface area (Å²) in [6.07, 6.45) is 0.865. The quantitative estimate of drug-likeness (QED) is 0.719. The SMILES string of the molecule is COC(=O)C(C)CN(CCC(C)C)C(=O)c1ccccc1Cl. The third kappa shape index (κ3) is 5.34. The molecule has 0 fully saturated rings. The molecule has 1 aromatic carbocycles. The van der Waals surface area contributed by atoms with Crippen LogP contribution in [0.5, 0.6) is 0 Å². The highest BCUT2D eigenvalue weighted by atomic mass is 35.5. The van der Waals surface area contributed by atoms with Gasteiger partial charge in [0.1, 0.15) is 0 Å². The molecule has 1 atom stereocenters. The van der Waals surface area contributed by atoms with Crippen LogP contribution in [0.4, 0.5) is 0 Å². The van der Waals surface area contributed by atoms with Gasteiger partial charge in [0, 0.05) is 13.1 Å². The van der Waals surface area contributed by atoms with Gasteiger partial charge in [-0.2, -0.15) is 0 Å². The van der Waals surface area contributed by atoms with E-state index in [0.29, 0.717) is 29.6 Å². The number of halogens is 1. The zero-order chi connectivity index (χ0) is 16.7. The van der Waals surface area contributed by atoms with Crippen LogP contribution in [-0.4, -0.2) is 37.0 Å². The van der Waals surface area contributed by atoms with E-state index in [-0.39, 0.29) is 17.8 Å². The lowest BCUT2D eigenvalue weighted by molar-refractivity contribution is -0.145. The van der Waals surface area contributed by atoms with Crippen molar-refractivity contribution in [3.05, 3.63) is 34.9 Å². The standard InChI is InChI=1S/C17H24ClNO3/c1-12(2)9-10-19(11-13(3)17(21)22-4)16(20)14-7-5-6-8-15(14)18/h5-8,12-13H,9-11H2,1-4H3. The van der Waals surface area contributed by atoms with Gasteiger partial charge >= 0.3 is 5.97 Å². The van der Waals surface area contributed by atoms with Gasteiger partial charge in [-0.25, -0.2) is 0 Å². The highest BCUT2D eigenvalue weighted by molar-refractivity contribution is 6.33. The maximum atomic E-state index is 12.7. The minimum absolute atomic E-state index is 0.151. The zero-order valence-electron chi connectivity index (χ0n) is 13.6. The van der Waals surface area contributed by atoms with Crippen LogP contribution in [-0.2, 0) is 9.53 Å². The van der Waals surface area contributed by atoms with Crippen LogP contribution >= 0.6 is 11.6 Å².